The highest BCUT2D eigenvalue weighted by molar-refractivity contribution is 6.11. The summed E-state index contributed by atoms with van der Waals surface area (Å²) in [6, 6.07) is 11.5. The van der Waals surface area contributed by atoms with Crippen molar-refractivity contribution < 1.29 is 19.1 Å². The van der Waals surface area contributed by atoms with E-state index in [4.69, 9.17) is 0 Å². The molecule has 0 fully saturated rings. The highest BCUT2D eigenvalue weighted by Crippen LogP contribution is 2.39. The van der Waals surface area contributed by atoms with Gasteiger partial charge >= 0.3 is 0 Å². The molecule has 0 aliphatic carbocycles. The highest BCUT2D eigenvalue weighted by Gasteiger charge is 2.37. The minimum Gasteiger partial charge on any atom is -0.386 e. The maximum atomic E-state index is 14.2. The topological polar surface area (TPSA) is 78.4 Å². The summed E-state index contributed by atoms with van der Waals surface area (Å²) in [4.78, 5) is 24.4. The molecule has 6 heteroatoms. The van der Waals surface area contributed by atoms with Crippen molar-refractivity contribution in [2.75, 3.05) is 5.32 Å². The molecule has 3 N–H and O–H groups in total. The lowest BCUT2D eigenvalue weighted by Crippen LogP contribution is -2.20. The predicted molar refractivity (Wildman–Crippen MR) is 87.4 cm³/mol. The molecule has 1 unspecified atom stereocenters. The van der Waals surface area contributed by atoms with E-state index in [9.17, 15) is 19.1 Å². The lowest BCUT2D eigenvalue weighted by molar-refractivity contribution is 0.0755. The minimum atomic E-state index is -1.72. The summed E-state index contributed by atoms with van der Waals surface area (Å²) in [6.45, 7) is 3.03. The van der Waals surface area contributed by atoms with Gasteiger partial charge in [0.05, 0.1) is 16.9 Å². The molecule has 124 valence electrons. The van der Waals surface area contributed by atoms with Gasteiger partial charge in [-0.3, -0.25) is 9.59 Å². The van der Waals surface area contributed by atoms with Crippen LogP contribution in [0.1, 0.15) is 52.0 Å². The van der Waals surface area contributed by atoms with E-state index in [2.05, 4.69) is 10.6 Å². The first-order chi connectivity index (χ1) is 11.3. The molecular formula is C18H17FN2O3. The van der Waals surface area contributed by atoms with E-state index in [-0.39, 0.29) is 16.8 Å². The Labute approximate surface area is 138 Å². The van der Waals surface area contributed by atoms with Gasteiger partial charge in [0, 0.05) is 11.1 Å². The Morgan fingerprint density at radius 1 is 1.21 bits per heavy atom. The summed E-state index contributed by atoms with van der Waals surface area (Å²) in [5, 5.41) is 15.0. The molecule has 1 heterocycles. The van der Waals surface area contributed by atoms with Crippen LogP contribution < -0.4 is 10.6 Å². The summed E-state index contributed by atoms with van der Waals surface area (Å²) in [5.74, 6) is -1.02. The Bertz CT molecular complexity index is 813. The van der Waals surface area contributed by atoms with E-state index in [0.29, 0.717) is 11.1 Å². The maximum Gasteiger partial charge on any atom is 0.256 e. The van der Waals surface area contributed by atoms with Crippen molar-refractivity contribution in [1.82, 2.24) is 5.32 Å². The fourth-order valence-corrected chi connectivity index (χ4v) is 2.81. The number of carbonyl (C=O) groups is 2. The minimum absolute atomic E-state index is 0.0476. The van der Waals surface area contributed by atoms with Crippen LogP contribution in [-0.2, 0) is 5.60 Å². The number of hydrogen-bond acceptors (Lipinski definition) is 3. The van der Waals surface area contributed by atoms with Crippen LogP contribution in [-0.4, -0.2) is 16.9 Å². The smallest absolute Gasteiger partial charge is 0.256 e. The van der Waals surface area contributed by atoms with Gasteiger partial charge in [0.1, 0.15) is 0 Å². The van der Waals surface area contributed by atoms with Crippen LogP contribution >= 0.6 is 0 Å². The van der Waals surface area contributed by atoms with Crippen LogP contribution in [0.3, 0.4) is 0 Å². The Kier molecular flexibility index (Phi) is 3.85. The summed E-state index contributed by atoms with van der Waals surface area (Å²) < 4.78 is 14.2. The van der Waals surface area contributed by atoms with Crippen molar-refractivity contribution in [3.8, 4) is 0 Å². The third-order valence-corrected chi connectivity index (χ3v) is 3.93. The van der Waals surface area contributed by atoms with Crippen molar-refractivity contribution in [2.45, 2.75) is 25.7 Å². The molecule has 2 aromatic carbocycles. The molecule has 0 saturated carbocycles. The van der Waals surface area contributed by atoms with Crippen molar-refractivity contribution >= 4 is 17.5 Å². The molecule has 3 rings (SSSR count). The van der Waals surface area contributed by atoms with Gasteiger partial charge in [-0.2, -0.15) is 0 Å². The van der Waals surface area contributed by atoms with E-state index in [1.54, 1.807) is 30.3 Å². The normalized spacial score (nSPS) is 16.5. The number of amides is 2. The number of fused-ring (bicyclic) bond motifs is 1. The first kappa shape index (κ1) is 16.1. The third kappa shape index (κ3) is 2.76. The first-order valence-corrected chi connectivity index (χ1v) is 7.50. The monoisotopic (exact) mass is 328 g/mol. The number of alkyl halides is 1. The van der Waals surface area contributed by atoms with Crippen molar-refractivity contribution in [3.63, 3.8) is 0 Å². The first-order valence-electron chi connectivity index (χ1n) is 7.50. The number of aliphatic hydroxyl groups is 1. The SMILES string of the molecule is CC(C)(O)c1ccc(NC(=O)c2ccccc2)c2c1C(F)NC2=O. The fourth-order valence-electron chi connectivity index (χ4n) is 2.81. The average molecular weight is 328 g/mol. The van der Waals surface area contributed by atoms with Crippen LogP contribution in [0.15, 0.2) is 42.5 Å². The van der Waals surface area contributed by atoms with Gasteiger partial charge in [-0.15, -0.1) is 0 Å². The van der Waals surface area contributed by atoms with Crippen LogP contribution in [0.4, 0.5) is 10.1 Å². The van der Waals surface area contributed by atoms with Crippen LogP contribution in [0.5, 0.6) is 0 Å². The molecule has 2 amide bonds. The Morgan fingerprint density at radius 3 is 2.50 bits per heavy atom. The standard InChI is InChI=1S/C18H17FN2O3/c1-18(2,24)11-8-9-12(14-13(11)15(19)21-17(14)23)20-16(22)10-6-4-3-5-7-10/h3-9,15,24H,1-2H3,(H,20,22)(H,21,23). The predicted octanol–water partition coefficient (Wildman–Crippen LogP) is 2.88. The molecule has 0 radical (unpaired) electrons. The number of hydrogen-bond donors (Lipinski definition) is 3. The van der Waals surface area contributed by atoms with Crippen LogP contribution in [0.25, 0.3) is 0 Å². The third-order valence-electron chi connectivity index (χ3n) is 3.93. The van der Waals surface area contributed by atoms with Crippen molar-refractivity contribution in [1.29, 1.82) is 0 Å². The van der Waals surface area contributed by atoms with Gasteiger partial charge in [0.25, 0.3) is 11.8 Å². The molecule has 5 nitrogen and oxygen atoms in total. The molecule has 0 spiro atoms. The largest absolute Gasteiger partial charge is 0.386 e. The second-order valence-electron chi connectivity index (χ2n) is 6.16. The Morgan fingerprint density at radius 2 is 1.88 bits per heavy atom. The van der Waals surface area contributed by atoms with Gasteiger partial charge in [-0.05, 0) is 37.6 Å². The van der Waals surface area contributed by atoms with Crippen molar-refractivity contribution in [3.05, 3.63) is 64.7 Å². The number of nitrogens with one attached hydrogen (secondary N) is 2. The fraction of sp³-hybridized carbons (Fsp3) is 0.222. The number of rotatable bonds is 3. The van der Waals surface area contributed by atoms with E-state index < -0.39 is 23.7 Å². The van der Waals surface area contributed by atoms with Crippen LogP contribution in [0, 0.1) is 0 Å². The van der Waals surface area contributed by atoms with Gasteiger partial charge in [-0.1, -0.05) is 24.3 Å². The molecule has 1 aliphatic rings. The zero-order valence-electron chi connectivity index (χ0n) is 13.3. The molecule has 0 saturated heterocycles. The van der Waals surface area contributed by atoms with Gasteiger partial charge < -0.3 is 15.7 Å². The second kappa shape index (κ2) is 5.72. The van der Waals surface area contributed by atoms with E-state index in [0.717, 1.165) is 0 Å². The number of halogens is 1. The second-order valence-corrected chi connectivity index (χ2v) is 6.16. The van der Waals surface area contributed by atoms with E-state index >= 15 is 0 Å². The molecule has 1 aliphatic heterocycles. The Balaban J connectivity index is 2.05. The summed E-state index contributed by atoms with van der Waals surface area (Å²) in [5.41, 5.74) is -0.258. The maximum absolute atomic E-state index is 14.2. The summed E-state index contributed by atoms with van der Waals surface area (Å²) in [6.07, 6.45) is -1.72. The van der Waals surface area contributed by atoms with Crippen LogP contribution in [0.2, 0.25) is 0 Å². The lowest BCUT2D eigenvalue weighted by atomic mass is 9.90. The lowest BCUT2D eigenvalue weighted by Gasteiger charge is -2.22. The number of anilines is 1. The van der Waals surface area contributed by atoms with E-state index in [1.807, 2.05) is 0 Å². The molecule has 0 bridgehead atoms. The van der Waals surface area contributed by atoms with E-state index in [1.165, 1.54) is 26.0 Å². The van der Waals surface area contributed by atoms with Crippen molar-refractivity contribution in [2.24, 2.45) is 0 Å². The molecule has 0 aromatic heterocycles. The molecule has 1 atom stereocenters. The zero-order valence-corrected chi connectivity index (χ0v) is 13.3. The Hall–Kier alpha value is -2.73. The zero-order chi connectivity index (χ0) is 17.5. The summed E-state index contributed by atoms with van der Waals surface area (Å²) in [7, 11) is 0. The average Bonchev–Trinajstić information content (AvgIpc) is 2.83. The number of carbonyl (C=O) groups excluding carboxylic acids is 2. The summed E-state index contributed by atoms with van der Waals surface area (Å²) >= 11 is 0. The molecular weight excluding hydrogens is 311 g/mol. The van der Waals surface area contributed by atoms with Gasteiger partial charge in [-0.25, -0.2) is 4.39 Å². The quantitative estimate of drug-likeness (QED) is 0.758. The van der Waals surface area contributed by atoms with Gasteiger partial charge in [0.15, 0.2) is 6.30 Å². The molecule has 2 aromatic rings. The van der Waals surface area contributed by atoms with Gasteiger partial charge in [0.2, 0.25) is 0 Å². The molecule has 24 heavy (non-hydrogen) atoms. The highest BCUT2D eigenvalue weighted by atomic mass is 19.1. The number of benzene rings is 2.